The molecule has 0 bridgehead atoms. The zero-order chi connectivity index (χ0) is 18.4. The van der Waals surface area contributed by atoms with Gasteiger partial charge in [0, 0.05) is 11.9 Å². The molecular weight excluding hydrogens is 306 g/mol. The zero-order valence-electron chi connectivity index (χ0n) is 15.5. The smallest absolute Gasteiger partial charge is 0.164 e. The molecule has 0 atom stereocenters. The first-order valence-electron chi connectivity index (χ1n) is 8.51. The molecule has 0 saturated heterocycles. The van der Waals surface area contributed by atoms with Gasteiger partial charge in [-0.15, -0.1) is 0 Å². The Bertz CT molecular complexity index is 912. The second-order valence-electron chi connectivity index (χ2n) is 5.50. The predicted octanol–water partition coefficient (Wildman–Crippen LogP) is 5.79. The van der Waals surface area contributed by atoms with E-state index >= 15 is 0 Å². The van der Waals surface area contributed by atoms with E-state index < -0.39 is 0 Å². The van der Waals surface area contributed by atoms with Gasteiger partial charge >= 0.3 is 0 Å². The van der Waals surface area contributed by atoms with E-state index in [2.05, 4.69) is 79.0 Å². The quantitative estimate of drug-likeness (QED) is 0.557. The molecular formula is C22H25N3. The fourth-order valence-corrected chi connectivity index (χ4v) is 2.62. The van der Waals surface area contributed by atoms with Gasteiger partial charge in [-0.25, -0.2) is 4.98 Å². The van der Waals surface area contributed by atoms with Crippen LogP contribution in [-0.2, 0) is 0 Å². The molecule has 128 valence electrons. The SMILES string of the molecule is C=CN=C(C=C)c1nc2cc(C)ccc2n1-c1ccc(C)cc1.CC. The fraction of sp³-hybridized carbons (Fsp3) is 0.182. The molecule has 0 saturated carbocycles. The Labute approximate surface area is 150 Å². The van der Waals surface area contributed by atoms with Crippen molar-refractivity contribution in [2.24, 2.45) is 4.99 Å². The number of nitrogens with zero attached hydrogens (tertiary/aromatic N) is 3. The highest BCUT2D eigenvalue weighted by Crippen LogP contribution is 2.23. The molecule has 0 unspecified atom stereocenters. The van der Waals surface area contributed by atoms with Crippen LogP contribution in [0.4, 0.5) is 0 Å². The maximum atomic E-state index is 4.78. The number of fused-ring (bicyclic) bond motifs is 1. The van der Waals surface area contributed by atoms with Gasteiger partial charge in [0.1, 0.15) is 5.71 Å². The minimum atomic E-state index is 0.703. The Balaban J connectivity index is 0.00000109. The average molecular weight is 331 g/mol. The van der Waals surface area contributed by atoms with Gasteiger partial charge in [-0.1, -0.05) is 50.8 Å². The van der Waals surface area contributed by atoms with Crippen LogP contribution in [0, 0.1) is 13.8 Å². The van der Waals surface area contributed by atoms with Crippen LogP contribution in [-0.4, -0.2) is 15.3 Å². The highest BCUT2D eigenvalue weighted by Gasteiger charge is 2.15. The third-order valence-corrected chi connectivity index (χ3v) is 3.75. The van der Waals surface area contributed by atoms with Gasteiger partial charge in [0.05, 0.1) is 11.0 Å². The third kappa shape index (κ3) is 3.77. The molecule has 0 aliphatic heterocycles. The van der Waals surface area contributed by atoms with Crippen LogP contribution < -0.4 is 0 Å². The first-order chi connectivity index (χ1) is 12.1. The number of aryl methyl sites for hydroxylation is 2. The Morgan fingerprint density at radius 3 is 2.24 bits per heavy atom. The maximum absolute atomic E-state index is 4.78. The van der Waals surface area contributed by atoms with Crippen molar-refractivity contribution in [2.45, 2.75) is 27.7 Å². The summed E-state index contributed by atoms with van der Waals surface area (Å²) in [6, 6.07) is 14.6. The Kier molecular flexibility index (Phi) is 6.07. The summed E-state index contributed by atoms with van der Waals surface area (Å²) in [5.74, 6) is 0.768. The van der Waals surface area contributed by atoms with Gasteiger partial charge in [-0.05, 0) is 49.8 Å². The van der Waals surface area contributed by atoms with Gasteiger partial charge in [0.2, 0.25) is 0 Å². The lowest BCUT2D eigenvalue weighted by molar-refractivity contribution is 1.06. The number of aromatic nitrogens is 2. The van der Waals surface area contributed by atoms with E-state index in [0.29, 0.717) is 5.71 Å². The Hall–Kier alpha value is -2.94. The molecule has 0 fully saturated rings. The molecule has 25 heavy (non-hydrogen) atoms. The molecule has 0 aliphatic carbocycles. The lowest BCUT2D eigenvalue weighted by Crippen LogP contribution is -2.07. The summed E-state index contributed by atoms with van der Waals surface area (Å²) in [6.07, 6.45) is 3.22. The number of imidazole rings is 1. The van der Waals surface area contributed by atoms with Gasteiger partial charge < -0.3 is 0 Å². The number of hydrogen-bond acceptors (Lipinski definition) is 2. The van der Waals surface area contributed by atoms with Gasteiger partial charge in [-0.2, -0.15) is 0 Å². The van der Waals surface area contributed by atoms with Crippen molar-refractivity contribution >= 4 is 16.7 Å². The highest BCUT2D eigenvalue weighted by molar-refractivity contribution is 6.08. The van der Waals surface area contributed by atoms with Crippen molar-refractivity contribution in [2.75, 3.05) is 0 Å². The minimum absolute atomic E-state index is 0.703. The van der Waals surface area contributed by atoms with Crippen LogP contribution in [0.5, 0.6) is 0 Å². The largest absolute Gasteiger partial charge is 0.291 e. The standard InChI is InChI=1S/C20H19N3.C2H6/c1-5-17(21-6-2)20-22-18-13-15(4)9-12-19(18)23(20)16-10-7-14(3)8-11-16;1-2/h5-13H,1-2H2,3-4H3;1-2H3. The molecule has 2 aromatic carbocycles. The summed E-state index contributed by atoms with van der Waals surface area (Å²) in [4.78, 5) is 9.09. The van der Waals surface area contributed by atoms with Crippen LogP contribution in [0.2, 0.25) is 0 Å². The number of allylic oxidation sites excluding steroid dienone is 1. The van der Waals surface area contributed by atoms with E-state index in [4.69, 9.17) is 4.98 Å². The second kappa shape index (κ2) is 8.25. The lowest BCUT2D eigenvalue weighted by Gasteiger charge is -2.09. The molecule has 0 aliphatic rings. The first kappa shape index (κ1) is 18.4. The molecule has 1 aromatic heterocycles. The minimum Gasteiger partial charge on any atom is -0.291 e. The van der Waals surface area contributed by atoms with Crippen LogP contribution >= 0.6 is 0 Å². The summed E-state index contributed by atoms with van der Waals surface area (Å²) < 4.78 is 2.11. The molecule has 0 amide bonds. The molecule has 0 radical (unpaired) electrons. The highest BCUT2D eigenvalue weighted by atomic mass is 15.1. The molecule has 0 spiro atoms. The van der Waals surface area contributed by atoms with Gasteiger partial charge in [-0.3, -0.25) is 9.56 Å². The number of hydrogen-bond donors (Lipinski definition) is 0. The average Bonchev–Trinajstić information content (AvgIpc) is 3.00. The van der Waals surface area contributed by atoms with E-state index in [1.165, 1.54) is 17.3 Å². The van der Waals surface area contributed by atoms with Crippen molar-refractivity contribution in [3.8, 4) is 5.69 Å². The van der Waals surface area contributed by atoms with Crippen LogP contribution in [0.1, 0.15) is 30.8 Å². The van der Waals surface area contributed by atoms with E-state index in [0.717, 1.165) is 22.5 Å². The molecule has 1 heterocycles. The van der Waals surface area contributed by atoms with Gasteiger partial charge in [0.25, 0.3) is 0 Å². The number of rotatable bonds is 4. The van der Waals surface area contributed by atoms with Crippen molar-refractivity contribution < 1.29 is 0 Å². The fourth-order valence-electron chi connectivity index (χ4n) is 2.62. The van der Waals surface area contributed by atoms with E-state index in [1.54, 1.807) is 6.08 Å². The summed E-state index contributed by atoms with van der Waals surface area (Å²) in [7, 11) is 0. The second-order valence-corrected chi connectivity index (χ2v) is 5.50. The van der Waals surface area contributed by atoms with Crippen LogP contribution in [0.25, 0.3) is 16.7 Å². The molecule has 0 N–H and O–H groups in total. The van der Waals surface area contributed by atoms with Crippen molar-refractivity contribution in [1.82, 2.24) is 9.55 Å². The Morgan fingerprint density at radius 1 is 1.00 bits per heavy atom. The number of aliphatic imine (C=N–C) groups is 1. The zero-order valence-corrected chi connectivity index (χ0v) is 15.5. The monoisotopic (exact) mass is 331 g/mol. The topological polar surface area (TPSA) is 30.2 Å². The van der Waals surface area contributed by atoms with E-state index in [9.17, 15) is 0 Å². The van der Waals surface area contributed by atoms with E-state index in [1.807, 2.05) is 13.8 Å². The van der Waals surface area contributed by atoms with Crippen molar-refractivity contribution in [3.05, 3.63) is 84.8 Å². The number of benzene rings is 2. The predicted molar refractivity (Wildman–Crippen MR) is 109 cm³/mol. The summed E-state index contributed by atoms with van der Waals surface area (Å²) in [5.41, 5.74) is 6.15. The summed E-state index contributed by atoms with van der Waals surface area (Å²) >= 11 is 0. The van der Waals surface area contributed by atoms with Crippen LogP contribution in [0.3, 0.4) is 0 Å². The summed E-state index contributed by atoms with van der Waals surface area (Å²) in [5, 5.41) is 0. The van der Waals surface area contributed by atoms with Crippen molar-refractivity contribution in [3.63, 3.8) is 0 Å². The summed E-state index contributed by atoms with van der Waals surface area (Å²) in [6.45, 7) is 15.7. The van der Waals surface area contributed by atoms with Gasteiger partial charge in [0.15, 0.2) is 5.82 Å². The molecule has 3 aromatic rings. The van der Waals surface area contributed by atoms with Crippen molar-refractivity contribution in [1.29, 1.82) is 0 Å². The van der Waals surface area contributed by atoms with E-state index in [-0.39, 0.29) is 0 Å². The lowest BCUT2D eigenvalue weighted by atomic mass is 10.2. The molecule has 3 heteroatoms. The molecule has 3 rings (SSSR count). The Morgan fingerprint density at radius 2 is 1.64 bits per heavy atom. The maximum Gasteiger partial charge on any atom is 0.164 e. The van der Waals surface area contributed by atoms with Crippen LogP contribution in [0.15, 0.2) is 72.9 Å². The molecule has 3 nitrogen and oxygen atoms in total. The third-order valence-electron chi connectivity index (χ3n) is 3.75. The normalized spacial score (nSPS) is 11.0. The first-order valence-corrected chi connectivity index (χ1v) is 8.51.